The number of rotatable bonds is 2. The van der Waals surface area contributed by atoms with Crippen LogP contribution in [0.15, 0.2) is 42.2 Å². The van der Waals surface area contributed by atoms with Gasteiger partial charge in [0, 0.05) is 17.9 Å². The molecule has 3 amide bonds. The van der Waals surface area contributed by atoms with Crippen molar-refractivity contribution < 1.29 is 19.5 Å². The Hall–Kier alpha value is -1.23. The molecule has 0 saturated carbocycles. The van der Waals surface area contributed by atoms with Gasteiger partial charge in [-0.15, -0.1) is 0 Å². The quantitative estimate of drug-likeness (QED) is 0.306. The van der Waals surface area contributed by atoms with Crippen molar-refractivity contribution >= 4 is 81.4 Å². The number of para-hydroxylation sites is 1. The first-order chi connectivity index (χ1) is 11.8. The highest BCUT2D eigenvalue weighted by Crippen LogP contribution is 2.44. The summed E-state index contributed by atoms with van der Waals surface area (Å²) in [5.74, 6) is -2.42. The van der Waals surface area contributed by atoms with Crippen molar-refractivity contribution in [2.24, 2.45) is 0 Å². The minimum atomic E-state index is -0.780. The van der Waals surface area contributed by atoms with Crippen LogP contribution in [0.25, 0.3) is 0 Å². The van der Waals surface area contributed by atoms with Crippen molar-refractivity contribution in [3.8, 4) is 5.75 Å². The van der Waals surface area contributed by atoms with Gasteiger partial charge < -0.3 is 5.11 Å². The Morgan fingerprint density at radius 1 is 0.880 bits per heavy atom. The van der Waals surface area contributed by atoms with Gasteiger partial charge in [-0.1, -0.05) is 12.1 Å². The number of benzene rings is 2. The molecule has 3 rings (SSSR count). The molecule has 1 heterocycles. The second-order valence-corrected chi connectivity index (χ2v) is 8.08. The highest BCUT2D eigenvalue weighted by Gasteiger charge is 2.42. The summed E-state index contributed by atoms with van der Waals surface area (Å²) in [5.41, 5.74) is 2.41. The third kappa shape index (κ3) is 2.94. The van der Waals surface area contributed by atoms with Gasteiger partial charge >= 0.3 is 0 Å². The van der Waals surface area contributed by atoms with Crippen molar-refractivity contribution in [3.05, 3.63) is 58.8 Å². The molecule has 10 heteroatoms. The van der Waals surface area contributed by atoms with E-state index in [1.54, 1.807) is 12.1 Å². The molecule has 0 bridgehead atoms. The monoisotopic (exact) mass is 594 g/mol. The molecule has 128 valence electrons. The molecule has 0 saturated heterocycles. The number of imide groups is 1. The second-order valence-electron chi connectivity index (χ2n) is 4.91. The third-order valence-electron chi connectivity index (χ3n) is 3.46. The van der Waals surface area contributed by atoms with Gasteiger partial charge in [0.05, 0.1) is 16.7 Å². The zero-order valence-corrected chi connectivity index (χ0v) is 18.3. The van der Waals surface area contributed by atoms with E-state index in [1.165, 1.54) is 12.1 Å². The lowest BCUT2D eigenvalue weighted by molar-refractivity contribution is 0.0516. The predicted octanol–water partition coefficient (Wildman–Crippen LogP) is 4.38. The zero-order chi connectivity index (χ0) is 18.5. The van der Waals surface area contributed by atoms with Crippen LogP contribution in [-0.2, 0) is 0 Å². The van der Waals surface area contributed by atoms with Gasteiger partial charge in [0.25, 0.3) is 17.7 Å². The maximum absolute atomic E-state index is 12.6. The number of phenolic OH excluding ortho intramolecular Hbond substituents is 1. The van der Waals surface area contributed by atoms with Gasteiger partial charge in [-0.25, -0.2) is 0 Å². The molecule has 0 spiro atoms. The molecule has 0 aromatic heterocycles. The maximum Gasteiger partial charge on any atom is 0.281 e. The molecular formula is C15H6Br4N2O4. The molecule has 0 unspecified atom stereocenters. The van der Waals surface area contributed by atoms with E-state index >= 15 is 0 Å². The van der Waals surface area contributed by atoms with E-state index in [-0.39, 0.29) is 22.4 Å². The Kier molecular flexibility index (Phi) is 5.06. The number of hydrogen-bond acceptors (Lipinski definition) is 4. The summed E-state index contributed by atoms with van der Waals surface area (Å²) < 4.78 is 1.87. The van der Waals surface area contributed by atoms with Crippen LogP contribution in [-0.4, -0.2) is 27.8 Å². The number of carbonyl (C=O) groups is 3. The van der Waals surface area contributed by atoms with E-state index < -0.39 is 17.7 Å². The molecule has 0 fully saturated rings. The standard InChI is InChI=1S/C15H6Br4N2O4/c16-9-7-8(10(17)12(19)11(9)18)15(25)21(14(7)24)20-13(23)5-3-1-2-4-6(5)22/h1-4,22H,(H,20,23). The highest BCUT2D eigenvalue weighted by molar-refractivity contribution is 9.15. The Bertz CT molecular complexity index is 914. The van der Waals surface area contributed by atoms with Crippen molar-refractivity contribution in [2.45, 2.75) is 0 Å². The molecule has 2 aromatic carbocycles. The van der Waals surface area contributed by atoms with E-state index in [4.69, 9.17) is 0 Å². The molecule has 2 N–H and O–H groups in total. The maximum atomic E-state index is 12.6. The first kappa shape index (κ1) is 18.6. The van der Waals surface area contributed by atoms with Gasteiger partial charge in [0.1, 0.15) is 5.75 Å². The molecule has 0 aliphatic carbocycles. The molecule has 6 nitrogen and oxygen atoms in total. The fourth-order valence-electron chi connectivity index (χ4n) is 2.28. The van der Waals surface area contributed by atoms with Gasteiger partial charge in [-0.3, -0.25) is 19.8 Å². The van der Waals surface area contributed by atoms with Crippen LogP contribution in [0.5, 0.6) is 5.75 Å². The SMILES string of the molecule is O=C(NN1C(=O)c2c(Br)c(Br)c(Br)c(Br)c2C1=O)c1ccccc1O. The third-order valence-corrected chi connectivity index (χ3v) is 8.23. The Morgan fingerprint density at radius 2 is 1.36 bits per heavy atom. The summed E-state index contributed by atoms with van der Waals surface area (Å²) in [6.45, 7) is 0. The number of aromatic hydroxyl groups is 1. The van der Waals surface area contributed by atoms with E-state index in [2.05, 4.69) is 69.1 Å². The van der Waals surface area contributed by atoms with Crippen LogP contribution in [0.2, 0.25) is 0 Å². The van der Waals surface area contributed by atoms with E-state index in [0.717, 1.165) is 0 Å². The van der Waals surface area contributed by atoms with Crippen LogP contribution in [0, 0.1) is 0 Å². The van der Waals surface area contributed by atoms with Gasteiger partial charge in [-0.05, 0) is 75.9 Å². The molecule has 2 aromatic rings. The summed E-state index contributed by atoms with van der Waals surface area (Å²) in [7, 11) is 0. The van der Waals surface area contributed by atoms with Gasteiger partial charge in [0.2, 0.25) is 0 Å². The smallest absolute Gasteiger partial charge is 0.281 e. The molecule has 0 radical (unpaired) electrons. The number of hydrazine groups is 1. The Labute approximate surface area is 175 Å². The fraction of sp³-hybridized carbons (Fsp3) is 0. The lowest BCUT2D eigenvalue weighted by atomic mass is 10.1. The largest absolute Gasteiger partial charge is 0.507 e. The average Bonchev–Trinajstić information content (AvgIpc) is 2.83. The van der Waals surface area contributed by atoms with Crippen molar-refractivity contribution in [1.82, 2.24) is 10.4 Å². The first-order valence-electron chi connectivity index (χ1n) is 6.59. The summed E-state index contributed by atoms with van der Waals surface area (Å²) in [6.07, 6.45) is 0. The lowest BCUT2D eigenvalue weighted by Gasteiger charge is -2.15. The Morgan fingerprint density at radius 3 is 1.84 bits per heavy atom. The van der Waals surface area contributed by atoms with Gasteiger partial charge in [0.15, 0.2) is 0 Å². The number of carbonyl (C=O) groups excluding carboxylic acids is 3. The number of hydrogen-bond donors (Lipinski definition) is 2. The fourth-order valence-corrected chi connectivity index (χ4v) is 4.74. The first-order valence-corrected chi connectivity index (χ1v) is 9.76. The number of fused-ring (bicyclic) bond motifs is 1. The molecule has 0 atom stereocenters. The normalized spacial score (nSPS) is 13.2. The zero-order valence-electron chi connectivity index (χ0n) is 11.9. The van der Waals surface area contributed by atoms with Crippen LogP contribution in [0.1, 0.15) is 31.1 Å². The number of halogens is 4. The summed E-state index contributed by atoms with van der Waals surface area (Å²) in [5, 5.41) is 10.4. The van der Waals surface area contributed by atoms with E-state index in [0.29, 0.717) is 22.9 Å². The van der Waals surface area contributed by atoms with E-state index in [9.17, 15) is 19.5 Å². The molecular weight excluding hydrogens is 592 g/mol. The molecule has 1 aliphatic rings. The minimum Gasteiger partial charge on any atom is -0.507 e. The van der Waals surface area contributed by atoms with Crippen molar-refractivity contribution in [2.75, 3.05) is 0 Å². The van der Waals surface area contributed by atoms with Gasteiger partial charge in [-0.2, -0.15) is 5.01 Å². The summed E-state index contributed by atoms with van der Waals surface area (Å²) in [6, 6.07) is 5.82. The van der Waals surface area contributed by atoms with Crippen molar-refractivity contribution in [1.29, 1.82) is 0 Å². The molecule has 1 aliphatic heterocycles. The van der Waals surface area contributed by atoms with Crippen LogP contribution < -0.4 is 5.43 Å². The van der Waals surface area contributed by atoms with Crippen LogP contribution in [0.4, 0.5) is 0 Å². The predicted molar refractivity (Wildman–Crippen MR) is 103 cm³/mol. The van der Waals surface area contributed by atoms with Crippen molar-refractivity contribution in [3.63, 3.8) is 0 Å². The number of nitrogens with one attached hydrogen (secondary N) is 1. The molecule has 25 heavy (non-hydrogen) atoms. The number of phenols is 1. The summed E-state index contributed by atoms with van der Waals surface area (Å²) in [4.78, 5) is 37.6. The summed E-state index contributed by atoms with van der Waals surface area (Å²) >= 11 is 13.2. The van der Waals surface area contributed by atoms with Crippen LogP contribution in [0.3, 0.4) is 0 Å². The van der Waals surface area contributed by atoms with E-state index in [1.807, 2.05) is 0 Å². The topological polar surface area (TPSA) is 86.7 Å². The van der Waals surface area contributed by atoms with Crippen LogP contribution >= 0.6 is 63.7 Å². The Balaban J connectivity index is 2.01. The average molecular weight is 598 g/mol. The minimum absolute atomic E-state index is 0.0560. The number of amides is 3. The lowest BCUT2D eigenvalue weighted by Crippen LogP contribution is -2.45. The highest BCUT2D eigenvalue weighted by atomic mass is 79.9. The number of nitrogens with zero attached hydrogens (tertiary/aromatic N) is 1. The second kappa shape index (κ2) is 6.82.